The predicted molar refractivity (Wildman–Crippen MR) is 97.0 cm³/mol. The maximum absolute atomic E-state index is 12.3. The average Bonchev–Trinajstić information content (AvgIpc) is 2.72. The number of unbranched alkanes of at least 4 members (excludes halogenated alkanes) is 5. The summed E-state index contributed by atoms with van der Waals surface area (Å²) in [4.78, 5) is 12.3. The van der Waals surface area contributed by atoms with Crippen molar-refractivity contribution in [1.29, 1.82) is 0 Å². The topological polar surface area (TPSA) is 26.3 Å². The van der Waals surface area contributed by atoms with Crippen molar-refractivity contribution in [1.82, 2.24) is 0 Å². The molecule has 0 aromatic carbocycles. The van der Waals surface area contributed by atoms with Crippen molar-refractivity contribution in [2.24, 2.45) is 0 Å². The highest BCUT2D eigenvalue weighted by Gasteiger charge is 2.43. The molecule has 124 valence electrons. The second kappa shape index (κ2) is 9.94. The Hall–Kier alpha value is -0.960. The molecule has 0 N–H and O–H groups in total. The van der Waals surface area contributed by atoms with Crippen molar-refractivity contribution in [2.75, 3.05) is 6.61 Å². The van der Waals surface area contributed by atoms with Crippen LogP contribution >= 0.6 is 11.8 Å². The van der Waals surface area contributed by atoms with Crippen LogP contribution in [0.15, 0.2) is 36.6 Å². The Morgan fingerprint density at radius 1 is 1.14 bits per heavy atom. The molecule has 0 fully saturated rings. The largest absolute Gasteiger partial charge is 0.492 e. The minimum Gasteiger partial charge on any atom is -0.492 e. The Bertz CT molecular complexity index is 425. The van der Waals surface area contributed by atoms with E-state index >= 15 is 0 Å². The van der Waals surface area contributed by atoms with Crippen LogP contribution in [0, 0.1) is 0 Å². The number of hydrogen-bond donors (Lipinski definition) is 0. The van der Waals surface area contributed by atoms with Gasteiger partial charge in [-0.05, 0) is 19.8 Å². The average molecular weight is 323 g/mol. The number of carbonyl (C=O) groups excluding carboxylic acids is 1. The molecule has 1 unspecified atom stereocenters. The zero-order valence-corrected chi connectivity index (χ0v) is 15.0. The van der Waals surface area contributed by atoms with Gasteiger partial charge in [0, 0.05) is 5.57 Å². The Kier molecular flexibility index (Phi) is 8.62. The third-order valence-electron chi connectivity index (χ3n) is 4.02. The van der Waals surface area contributed by atoms with Gasteiger partial charge in [0.2, 0.25) is 5.12 Å². The SMILES string of the molecule is C=CCOC1=C(CC=C)C(=O)SC1(C)CCCCCCCC. The third-order valence-corrected chi connectivity index (χ3v) is 5.29. The van der Waals surface area contributed by atoms with Crippen molar-refractivity contribution >= 4 is 16.9 Å². The van der Waals surface area contributed by atoms with E-state index in [1.54, 1.807) is 12.2 Å². The van der Waals surface area contributed by atoms with Crippen LogP contribution in [-0.2, 0) is 9.53 Å². The molecule has 1 atom stereocenters. The molecule has 0 aromatic rings. The molecule has 1 heterocycles. The first kappa shape index (κ1) is 19.1. The van der Waals surface area contributed by atoms with E-state index in [1.165, 1.54) is 43.9 Å². The lowest BCUT2D eigenvalue weighted by molar-refractivity contribution is -0.107. The molecule has 0 aliphatic carbocycles. The fourth-order valence-corrected chi connectivity index (χ4v) is 4.06. The normalized spacial score (nSPS) is 21.3. The molecule has 3 heteroatoms. The second-order valence-corrected chi connectivity index (χ2v) is 7.51. The Balaban J connectivity index is 2.66. The van der Waals surface area contributed by atoms with Crippen LogP contribution in [0.4, 0.5) is 0 Å². The number of rotatable bonds is 12. The van der Waals surface area contributed by atoms with Gasteiger partial charge in [-0.25, -0.2) is 0 Å². The van der Waals surface area contributed by atoms with Gasteiger partial charge in [-0.3, -0.25) is 4.79 Å². The summed E-state index contributed by atoms with van der Waals surface area (Å²) in [5.74, 6) is 0.857. The maximum Gasteiger partial charge on any atom is 0.220 e. The summed E-state index contributed by atoms with van der Waals surface area (Å²) in [6, 6.07) is 0. The Morgan fingerprint density at radius 2 is 1.82 bits per heavy atom. The fraction of sp³-hybridized carbons (Fsp3) is 0.632. The van der Waals surface area contributed by atoms with E-state index in [9.17, 15) is 4.79 Å². The van der Waals surface area contributed by atoms with Gasteiger partial charge in [-0.2, -0.15) is 0 Å². The number of hydrogen-bond acceptors (Lipinski definition) is 3. The predicted octanol–water partition coefficient (Wildman–Crippen LogP) is 5.80. The molecule has 0 spiro atoms. The summed E-state index contributed by atoms with van der Waals surface area (Å²) in [6.45, 7) is 12.3. The number of carbonyl (C=O) groups is 1. The van der Waals surface area contributed by atoms with Gasteiger partial charge in [0.05, 0.1) is 4.75 Å². The van der Waals surface area contributed by atoms with Gasteiger partial charge < -0.3 is 4.74 Å². The maximum atomic E-state index is 12.3. The van der Waals surface area contributed by atoms with Crippen molar-refractivity contribution in [3.8, 4) is 0 Å². The highest BCUT2D eigenvalue weighted by Crippen LogP contribution is 2.48. The van der Waals surface area contributed by atoms with E-state index in [0.717, 1.165) is 24.2 Å². The summed E-state index contributed by atoms with van der Waals surface area (Å²) >= 11 is 1.42. The zero-order valence-electron chi connectivity index (χ0n) is 14.2. The summed E-state index contributed by atoms with van der Waals surface area (Å²) in [5.41, 5.74) is 0.787. The molecule has 1 aliphatic rings. The third kappa shape index (κ3) is 5.35. The van der Waals surface area contributed by atoms with Gasteiger partial charge >= 0.3 is 0 Å². The van der Waals surface area contributed by atoms with Gasteiger partial charge in [-0.15, -0.1) is 6.58 Å². The van der Waals surface area contributed by atoms with Crippen LogP contribution in [-0.4, -0.2) is 16.5 Å². The molecule has 1 rings (SSSR count). The number of thioether (sulfide) groups is 1. The summed E-state index contributed by atoms with van der Waals surface area (Å²) < 4.78 is 5.65. The van der Waals surface area contributed by atoms with Crippen LogP contribution in [0.3, 0.4) is 0 Å². The monoisotopic (exact) mass is 322 g/mol. The molecule has 0 aromatic heterocycles. The molecule has 0 radical (unpaired) electrons. The second-order valence-electron chi connectivity index (χ2n) is 6.04. The molecule has 22 heavy (non-hydrogen) atoms. The standard InChI is InChI=1S/C19H30O2S/c1-5-8-9-10-11-12-14-19(4)17(21-15-7-3)16(13-6-2)18(20)22-19/h6-7H,2-3,5,8-15H2,1,4H3. The summed E-state index contributed by atoms with van der Waals surface area (Å²) in [5, 5.41) is 0.146. The highest BCUT2D eigenvalue weighted by atomic mass is 32.2. The molecular weight excluding hydrogens is 292 g/mol. The first-order valence-corrected chi connectivity index (χ1v) is 9.22. The quantitative estimate of drug-likeness (QED) is 0.335. The summed E-state index contributed by atoms with van der Waals surface area (Å²) in [6.07, 6.45) is 12.7. The van der Waals surface area contributed by atoms with Gasteiger partial charge in [-0.1, -0.05) is 75.9 Å². The smallest absolute Gasteiger partial charge is 0.220 e. The fourth-order valence-electron chi connectivity index (χ4n) is 2.83. The molecule has 2 nitrogen and oxygen atoms in total. The molecule has 0 saturated carbocycles. The Morgan fingerprint density at radius 3 is 2.45 bits per heavy atom. The van der Waals surface area contributed by atoms with E-state index in [4.69, 9.17) is 4.74 Å². The van der Waals surface area contributed by atoms with E-state index < -0.39 is 0 Å². The van der Waals surface area contributed by atoms with Crippen LogP contribution in [0.2, 0.25) is 0 Å². The molecule has 0 amide bonds. The van der Waals surface area contributed by atoms with Crippen molar-refractivity contribution in [2.45, 2.75) is 70.0 Å². The van der Waals surface area contributed by atoms with E-state index in [-0.39, 0.29) is 9.86 Å². The minimum atomic E-state index is -0.219. The van der Waals surface area contributed by atoms with Crippen LogP contribution in [0.5, 0.6) is 0 Å². The van der Waals surface area contributed by atoms with Crippen molar-refractivity contribution < 1.29 is 9.53 Å². The van der Waals surface area contributed by atoms with Crippen LogP contribution in [0.25, 0.3) is 0 Å². The van der Waals surface area contributed by atoms with Gasteiger partial charge in [0.25, 0.3) is 0 Å². The first-order valence-electron chi connectivity index (χ1n) is 8.40. The number of ether oxygens (including phenoxy) is 1. The van der Waals surface area contributed by atoms with Crippen LogP contribution in [0.1, 0.15) is 65.2 Å². The molecule has 0 saturated heterocycles. The molecule has 1 aliphatic heterocycles. The zero-order chi connectivity index (χ0) is 16.4. The molecule has 0 bridgehead atoms. The van der Waals surface area contributed by atoms with E-state index in [0.29, 0.717) is 13.0 Å². The van der Waals surface area contributed by atoms with Crippen LogP contribution < -0.4 is 0 Å². The van der Waals surface area contributed by atoms with Crippen molar-refractivity contribution in [3.63, 3.8) is 0 Å². The lowest BCUT2D eigenvalue weighted by Gasteiger charge is -2.26. The van der Waals surface area contributed by atoms with E-state index in [2.05, 4.69) is 27.0 Å². The van der Waals surface area contributed by atoms with Crippen molar-refractivity contribution in [3.05, 3.63) is 36.6 Å². The number of allylic oxidation sites excluding steroid dienone is 1. The minimum absolute atomic E-state index is 0.146. The molecular formula is C19H30O2S. The first-order chi connectivity index (χ1) is 10.6. The Labute approximate surface area is 140 Å². The van der Waals surface area contributed by atoms with E-state index in [1.807, 2.05) is 0 Å². The lowest BCUT2D eigenvalue weighted by atomic mass is 9.96. The van der Waals surface area contributed by atoms with Gasteiger partial charge in [0.1, 0.15) is 12.4 Å². The highest BCUT2D eigenvalue weighted by molar-refractivity contribution is 8.15. The lowest BCUT2D eigenvalue weighted by Crippen LogP contribution is -2.22. The van der Waals surface area contributed by atoms with Gasteiger partial charge in [0.15, 0.2) is 0 Å². The summed E-state index contributed by atoms with van der Waals surface area (Å²) in [7, 11) is 0.